The Labute approximate surface area is 120 Å². The largest absolute Gasteiger partial charge is 0.280 e. The van der Waals surface area contributed by atoms with Crippen LogP contribution in [0.15, 0.2) is 46.9 Å². The van der Waals surface area contributed by atoms with Crippen LogP contribution in [0.1, 0.15) is 18.1 Å². The van der Waals surface area contributed by atoms with Crippen molar-refractivity contribution in [1.82, 2.24) is 0 Å². The van der Waals surface area contributed by atoms with Crippen molar-refractivity contribution in [1.29, 1.82) is 0 Å². The van der Waals surface area contributed by atoms with Gasteiger partial charge in [-0.05, 0) is 29.3 Å². The molecule has 0 N–H and O–H groups in total. The van der Waals surface area contributed by atoms with E-state index in [0.29, 0.717) is 0 Å². The third-order valence-electron chi connectivity index (χ3n) is 3.17. The first-order valence-electron chi connectivity index (χ1n) is 6.04. The Bertz CT molecular complexity index is 691. The second-order valence-corrected chi connectivity index (χ2v) is 5.37. The van der Waals surface area contributed by atoms with Gasteiger partial charge in [-0.2, -0.15) is 0 Å². The minimum Gasteiger partial charge on any atom is -0.280 e. The topological polar surface area (TPSA) is 20.3 Å². The van der Waals surface area contributed by atoms with E-state index in [2.05, 4.69) is 15.9 Å². The highest BCUT2D eigenvalue weighted by Crippen LogP contribution is 2.37. The lowest BCUT2D eigenvalue weighted by Crippen LogP contribution is -2.23. The summed E-state index contributed by atoms with van der Waals surface area (Å²) < 4.78 is 0.963. The maximum atomic E-state index is 12.1. The smallest absolute Gasteiger partial charge is 0.228 e. The Morgan fingerprint density at radius 1 is 1.00 bits per heavy atom. The predicted octanol–water partition coefficient (Wildman–Crippen LogP) is 4.62. The van der Waals surface area contributed by atoms with Crippen LogP contribution in [0.25, 0.3) is 12.2 Å². The molecule has 2 nitrogen and oxygen atoms in total. The van der Waals surface area contributed by atoms with Gasteiger partial charge in [0.1, 0.15) is 0 Å². The van der Waals surface area contributed by atoms with E-state index in [1.54, 1.807) is 11.8 Å². The van der Waals surface area contributed by atoms with Crippen LogP contribution < -0.4 is 4.90 Å². The summed E-state index contributed by atoms with van der Waals surface area (Å²) in [6.45, 7) is 1.59. The highest BCUT2D eigenvalue weighted by molar-refractivity contribution is 9.10. The third kappa shape index (κ3) is 2.10. The molecule has 3 rings (SSSR count). The van der Waals surface area contributed by atoms with E-state index in [1.165, 1.54) is 0 Å². The number of benzene rings is 2. The maximum Gasteiger partial charge on any atom is 0.228 e. The van der Waals surface area contributed by atoms with Crippen LogP contribution in [0.3, 0.4) is 0 Å². The Kier molecular flexibility index (Phi) is 2.99. The molecule has 0 radical (unpaired) electrons. The number of nitrogens with zero attached hydrogens (tertiary/aromatic N) is 1. The van der Waals surface area contributed by atoms with E-state index in [-0.39, 0.29) is 5.91 Å². The molecule has 0 saturated carbocycles. The molecule has 0 bridgehead atoms. The van der Waals surface area contributed by atoms with Crippen LogP contribution in [0, 0.1) is 0 Å². The third-order valence-corrected chi connectivity index (χ3v) is 3.66. The zero-order valence-electron chi connectivity index (χ0n) is 10.4. The van der Waals surface area contributed by atoms with Crippen molar-refractivity contribution in [2.75, 3.05) is 4.90 Å². The van der Waals surface area contributed by atoms with E-state index >= 15 is 0 Å². The number of anilines is 2. The van der Waals surface area contributed by atoms with Gasteiger partial charge in [-0.25, -0.2) is 0 Å². The normalized spacial score (nSPS) is 12.6. The molecular weight excluding hydrogens is 302 g/mol. The number of rotatable bonds is 0. The van der Waals surface area contributed by atoms with E-state index in [9.17, 15) is 4.79 Å². The molecule has 0 unspecified atom stereocenters. The lowest BCUT2D eigenvalue weighted by molar-refractivity contribution is -0.115. The number of hydrogen-bond donors (Lipinski definition) is 0. The molecule has 1 aliphatic rings. The minimum absolute atomic E-state index is 0.00972. The second-order valence-electron chi connectivity index (χ2n) is 4.45. The van der Waals surface area contributed by atoms with Gasteiger partial charge in [0.25, 0.3) is 0 Å². The molecule has 0 aliphatic carbocycles. The average molecular weight is 314 g/mol. The summed E-state index contributed by atoms with van der Waals surface area (Å²) in [6.07, 6.45) is 4.09. The van der Waals surface area contributed by atoms with Gasteiger partial charge < -0.3 is 0 Å². The molecule has 1 amide bonds. The quantitative estimate of drug-likeness (QED) is 0.695. The fraction of sp³-hybridized carbons (Fsp3) is 0.0625. The van der Waals surface area contributed by atoms with Gasteiger partial charge in [0.05, 0.1) is 11.4 Å². The summed E-state index contributed by atoms with van der Waals surface area (Å²) in [4.78, 5) is 13.8. The zero-order chi connectivity index (χ0) is 13.4. The number of para-hydroxylation sites is 1. The number of carbonyl (C=O) groups excluding carboxylic acids is 1. The number of carbonyl (C=O) groups is 1. The fourth-order valence-corrected chi connectivity index (χ4v) is 2.68. The average Bonchev–Trinajstić information content (AvgIpc) is 2.54. The van der Waals surface area contributed by atoms with E-state index in [0.717, 1.165) is 27.0 Å². The van der Waals surface area contributed by atoms with Crippen molar-refractivity contribution in [3.8, 4) is 0 Å². The Balaban J connectivity index is 2.31. The maximum absolute atomic E-state index is 12.1. The summed E-state index contributed by atoms with van der Waals surface area (Å²) >= 11 is 3.47. The first-order chi connectivity index (χ1) is 9.16. The molecule has 2 aromatic rings. The Hall–Kier alpha value is -1.87. The lowest BCUT2D eigenvalue weighted by atomic mass is 10.1. The van der Waals surface area contributed by atoms with Gasteiger partial charge in [-0.3, -0.25) is 9.69 Å². The molecule has 94 valence electrons. The van der Waals surface area contributed by atoms with Crippen LogP contribution in [-0.2, 0) is 4.79 Å². The van der Waals surface area contributed by atoms with Gasteiger partial charge in [0.15, 0.2) is 0 Å². The molecule has 1 aliphatic heterocycles. The van der Waals surface area contributed by atoms with Crippen LogP contribution in [0.4, 0.5) is 11.4 Å². The van der Waals surface area contributed by atoms with E-state index in [4.69, 9.17) is 0 Å². The summed E-state index contributed by atoms with van der Waals surface area (Å²) in [7, 11) is 0. The van der Waals surface area contributed by atoms with Crippen LogP contribution in [0.5, 0.6) is 0 Å². The van der Waals surface area contributed by atoms with Gasteiger partial charge in [0.2, 0.25) is 5.91 Å². The summed E-state index contributed by atoms with van der Waals surface area (Å²) in [5.74, 6) is 0.00972. The van der Waals surface area contributed by atoms with Crippen molar-refractivity contribution < 1.29 is 4.79 Å². The number of fused-ring (bicyclic) bond motifs is 2. The molecular formula is C16H12BrNO. The molecule has 19 heavy (non-hydrogen) atoms. The lowest BCUT2D eigenvalue weighted by Gasteiger charge is -2.23. The summed E-state index contributed by atoms with van der Waals surface area (Å²) in [5, 5.41) is 0. The second kappa shape index (κ2) is 4.67. The molecule has 2 aromatic carbocycles. The summed E-state index contributed by atoms with van der Waals surface area (Å²) in [5.41, 5.74) is 3.91. The van der Waals surface area contributed by atoms with E-state index in [1.807, 2.05) is 54.6 Å². The van der Waals surface area contributed by atoms with Crippen molar-refractivity contribution in [3.05, 3.63) is 58.1 Å². The van der Waals surface area contributed by atoms with Gasteiger partial charge in [-0.1, -0.05) is 52.3 Å². The monoisotopic (exact) mass is 313 g/mol. The molecule has 1 heterocycles. The Morgan fingerprint density at radius 2 is 1.68 bits per heavy atom. The highest BCUT2D eigenvalue weighted by atomic mass is 79.9. The van der Waals surface area contributed by atoms with E-state index < -0.39 is 0 Å². The molecule has 0 saturated heterocycles. The predicted molar refractivity (Wildman–Crippen MR) is 82.3 cm³/mol. The van der Waals surface area contributed by atoms with Crippen LogP contribution in [0.2, 0.25) is 0 Å². The molecule has 0 aromatic heterocycles. The minimum atomic E-state index is 0.00972. The zero-order valence-corrected chi connectivity index (χ0v) is 12.0. The number of hydrogen-bond acceptors (Lipinski definition) is 1. The van der Waals surface area contributed by atoms with Crippen LogP contribution >= 0.6 is 15.9 Å². The van der Waals surface area contributed by atoms with Crippen molar-refractivity contribution in [3.63, 3.8) is 0 Å². The summed E-state index contributed by atoms with van der Waals surface area (Å²) in [6, 6.07) is 13.9. The first kappa shape index (κ1) is 12.2. The van der Waals surface area contributed by atoms with Crippen molar-refractivity contribution in [2.24, 2.45) is 0 Å². The molecule has 0 fully saturated rings. The fourth-order valence-electron chi connectivity index (χ4n) is 2.33. The van der Waals surface area contributed by atoms with Crippen molar-refractivity contribution in [2.45, 2.75) is 6.92 Å². The van der Waals surface area contributed by atoms with Gasteiger partial charge in [-0.15, -0.1) is 0 Å². The standard InChI is InChI=1S/C16H12BrNO/c1-11(19)18-15-5-3-2-4-12(15)6-7-13-8-9-14(17)10-16(13)18/h2-10H,1H3. The van der Waals surface area contributed by atoms with Gasteiger partial charge >= 0.3 is 0 Å². The van der Waals surface area contributed by atoms with Gasteiger partial charge in [0, 0.05) is 11.4 Å². The van der Waals surface area contributed by atoms with Crippen LogP contribution in [-0.4, -0.2) is 5.91 Å². The van der Waals surface area contributed by atoms with Crippen molar-refractivity contribution >= 4 is 45.4 Å². The molecule has 3 heteroatoms. The molecule has 0 atom stereocenters. The molecule has 0 spiro atoms. The highest BCUT2D eigenvalue weighted by Gasteiger charge is 2.21. The number of halogens is 1. The Morgan fingerprint density at radius 3 is 2.42 bits per heavy atom. The number of amides is 1. The first-order valence-corrected chi connectivity index (χ1v) is 6.83. The SMILES string of the molecule is CC(=O)N1c2ccccc2C=Cc2ccc(Br)cc21.